The Hall–Kier alpha value is -5.30. The molecule has 0 radical (unpaired) electrons. The molecule has 4 aromatic rings. The topological polar surface area (TPSA) is 171 Å². The average molecular weight is 767 g/mol. The number of nitriles is 1. The van der Waals surface area contributed by atoms with Crippen LogP contribution >= 0.6 is 11.6 Å². The zero-order valence-corrected chi connectivity index (χ0v) is 31.2. The van der Waals surface area contributed by atoms with Gasteiger partial charge in [-0.3, -0.25) is 24.5 Å². The van der Waals surface area contributed by atoms with E-state index < -0.39 is 6.03 Å². The van der Waals surface area contributed by atoms with Crippen LogP contribution in [0.5, 0.6) is 5.75 Å². The summed E-state index contributed by atoms with van der Waals surface area (Å²) >= 11 is 6.15. The SMILES string of the molecule is N#Cc1ccc(O[C@H]2CC[C@H](NC(=O)c3ccc(N4CCO[C@@H](CN5CCC(n6ncc7c(N8CCC(=O)NC8=O)cccc76)CC5)C4)nn3)CC2)cc1Cl. The Labute approximate surface area is 323 Å². The van der Waals surface area contributed by atoms with E-state index in [1.54, 1.807) is 29.2 Å². The first-order chi connectivity index (χ1) is 26.8. The molecule has 0 spiro atoms. The molecule has 4 aliphatic rings. The molecule has 4 amide bonds. The Balaban J connectivity index is 0.791. The molecule has 15 nitrogen and oxygen atoms in total. The minimum Gasteiger partial charge on any atom is -0.490 e. The Morgan fingerprint density at radius 2 is 1.85 bits per heavy atom. The van der Waals surface area contributed by atoms with Gasteiger partial charge in [0.1, 0.15) is 11.8 Å². The molecule has 5 heterocycles. The van der Waals surface area contributed by atoms with Gasteiger partial charge in [0.25, 0.3) is 5.91 Å². The van der Waals surface area contributed by atoms with E-state index in [-0.39, 0.29) is 48.2 Å². The minimum atomic E-state index is -0.397. The third-order valence-electron chi connectivity index (χ3n) is 11.0. The van der Waals surface area contributed by atoms with Crippen LogP contribution in [-0.4, -0.2) is 107 Å². The van der Waals surface area contributed by atoms with Crippen molar-refractivity contribution < 1.29 is 23.9 Å². The summed E-state index contributed by atoms with van der Waals surface area (Å²) in [5, 5.41) is 29.4. The van der Waals surface area contributed by atoms with Crippen molar-refractivity contribution in [2.24, 2.45) is 0 Å². The van der Waals surface area contributed by atoms with Gasteiger partial charge in [-0.15, -0.1) is 10.2 Å². The van der Waals surface area contributed by atoms with Crippen molar-refractivity contribution in [2.45, 2.75) is 69.2 Å². The number of aromatic nitrogens is 4. The number of hydrogen-bond donors (Lipinski definition) is 2. The van der Waals surface area contributed by atoms with E-state index in [1.165, 1.54) is 0 Å². The molecule has 2 aromatic heterocycles. The first-order valence-electron chi connectivity index (χ1n) is 19.0. The zero-order chi connectivity index (χ0) is 37.9. The summed E-state index contributed by atoms with van der Waals surface area (Å²) < 4.78 is 14.3. The number of ether oxygens (including phenoxy) is 2. The smallest absolute Gasteiger partial charge is 0.328 e. The van der Waals surface area contributed by atoms with E-state index in [1.807, 2.05) is 30.5 Å². The predicted octanol–water partition coefficient (Wildman–Crippen LogP) is 4.46. The number of piperidine rings is 1. The van der Waals surface area contributed by atoms with Gasteiger partial charge in [-0.1, -0.05) is 17.7 Å². The third kappa shape index (κ3) is 8.22. The lowest BCUT2D eigenvalue weighted by Gasteiger charge is -2.38. The van der Waals surface area contributed by atoms with E-state index in [0.717, 1.165) is 80.6 Å². The normalized spacial score (nSPS) is 22.7. The van der Waals surface area contributed by atoms with Crippen molar-refractivity contribution in [3.8, 4) is 11.8 Å². The van der Waals surface area contributed by atoms with Crippen LogP contribution in [-0.2, 0) is 9.53 Å². The highest BCUT2D eigenvalue weighted by molar-refractivity contribution is 6.31. The minimum absolute atomic E-state index is 0.0127. The summed E-state index contributed by atoms with van der Waals surface area (Å²) in [6.07, 6.45) is 7.16. The van der Waals surface area contributed by atoms with Crippen molar-refractivity contribution in [1.82, 2.24) is 35.5 Å². The summed E-state index contributed by atoms with van der Waals surface area (Å²) in [4.78, 5) is 43.5. The van der Waals surface area contributed by atoms with E-state index in [0.29, 0.717) is 42.6 Å². The molecule has 8 rings (SSSR count). The van der Waals surface area contributed by atoms with Crippen LogP contribution in [0.15, 0.2) is 54.7 Å². The predicted molar refractivity (Wildman–Crippen MR) is 204 cm³/mol. The van der Waals surface area contributed by atoms with Gasteiger partial charge >= 0.3 is 6.03 Å². The lowest BCUT2D eigenvalue weighted by atomic mass is 9.93. The van der Waals surface area contributed by atoms with Crippen LogP contribution in [0.4, 0.5) is 16.3 Å². The van der Waals surface area contributed by atoms with Gasteiger partial charge in [-0.05, 0) is 74.9 Å². The van der Waals surface area contributed by atoms with Crippen LogP contribution < -0.4 is 25.2 Å². The number of nitrogens with zero attached hydrogens (tertiary/aromatic N) is 8. The number of carbonyl (C=O) groups excluding carboxylic acids is 3. The standard InChI is InChI=1S/C39H43ClN10O5/c40-32-20-29(7-4-25(32)21-41)55-28-8-5-26(6-9-28)43-38(52)33-10-11-36(46-45-33)48-18-19-54-30(24-48)23-47-15-12-27(13-16-47)50-35-3-1-2-34(31(35)22-42-50)49-17-14-37(51)44-39(49)53/h1-4,7,10-11,20,22,26-28,30H,5-6,8-9,12-19,23-24H2,(H,43,52)(H,44,51,53)/t26-,28-,30-/m0/s1. The molecular formula is C39H43ClN10O5. The van der Waals surface area contributed by atoms with Crippen LogP contribution in [0, 0.1) is 11.3 Å². The van der Waals surface area contributed by atoms with Gasteiger partial charge < -0.3 is 24.6 Å². The van der Waals surface area contributed by atoms with Crippen LogP contribution in [0.25, 0.3) is 10.9 Å². The Morgan fingerprint density at radius 3 is 2.60 bits per heavy atom. The molecule has 2 aromatic carbocycles. The number of morpholine rings is 1. The second-order valence-corrected chi connectivity index (χ2v) is 15.0. The molecule has 16 heteroatoms. The zero-order valence-electron chi connectivity index (χ0n) is 30.4. The Bertz CT molecular complexity index is 2090. The number of fused-ring (bicyclic) bond motifs is 1. The summed E-state index contributed by atoms with van der Waals surface area (Å²) in [6.45, 7) is 4.94. The number of benzene rings is 2. The van der Waals surface area contributed by atoms with Gasteiger partial charge in [0, 0.05) is 63.2 Å². The number of urea groups is 1. The highest BCUT2D eigenvalue weighted by Crippen LogP contribution is 2.33. The highest BCUT2D eigenvalue weighted by Gasteiger charge is 2.30. The molecule has 3 saturated heterocycles. The molecule has 55 heavy (non-hydrogen) atoms. The van der Waals surface area contributed by atoms with Crippen LogP contribution in [0.2, 0.25) is 5.02 Å². The van der Waals surface area contributed by atoms with Crippen molar-refractivity contribution in [2.75, 3.05) is 55.7 Å². The number of rotatable bonds is 9. The first-order valence-corrected chi connectivity index (χ1v) is 19.4. The maximum absolute atomic E-state index is 13.1. The number of halogens is 1. The largest absolute Gasteiger partial charge is 0.490 e. The van der Waals surface area contributed by atoms with Crippen LogP contribution in [0.1, 0.15) is 67.0 Å². The number of imide groups is 1. The summed E-state index contributed by atoms with van der Waals surface area (Å²) in [7, 11) is 0. The maximum atomic E-state index is 13.1. The number of nitrogens with one attached hydrogen (secondary N) is 2. The van der Waals surface area contributed by atoms with Crippen molar-refractivity contribution in [1.29, 1.82) is 5.26 Å². The third-order valence-corrected chi connectivity index (χ3v) is 11.4. The van der Waals surface area contributed by atoms with Gasteiger partial charge in [-0.25, -0.2) is 4.79 Å². The molecule has 1 atom stereocenters. The highest BCUT2D eigenvalue weighted by atomic mass is 35.5. The fraction of sp³-hybridized carbons (Fsp3) is 0.462. The average Bonchev–Trinajstić information content (AvgIpc) is 3.64. The fourth-order valence-electron chi connectivity index (χ4n) is 8.10. The van der Waals surface area contributed by atoms with Crippen molar-refractivity contribution >= 4 is 51.9 Å². The Morgan fingerprint density at radius 1 is 1.02 bits per heavy atom. The quantitative estimate of drug-likeness (QED) is 0.247. The molecule has 3 aliphatic heterocycles. The van der Waals surface area contributed by atoms with Crippen molar-refractivity contribution in [3.05, 3.63) is 71.0 Å². The monoisotopic (exact) mass is 766 g/mol. The fourth-order valence-corrected chi connectivity index (χ4v) is 8.31. The lowest BCUT2D eigenvalue weighted by molar-refractivity contribution is -0.120. The molecule has 1 aliphatic carbocycles. The second-order valence-electron chi connectivity index (χ2n) is 14.6. The molecule has 286 valence electrons. The van der Waals surface area contributed by atoms with E-state index in [4.69, 9.17) is 31.4 Å². The molecule has 1 saturated carbocycles. The lowest BCUT2D eigenvalue weighted by Crippen LogP contribution is -2.49. The van der Waals surface area contributed by atoms with E-state index in [2.05, 4.69) is 41.4 Å². The maximum Gasteiger partial charge on any atom is 0.328 e. The Kier molecular flexibility index (Phi) is 10.8. The summed E-state index contributed by atoms with van der Waals surface area (Å²) in [6, 6.07) is 16.5. The molecule has 2 N–H and O–H groups in total. The van der Waals surface area contributed by atoms with E-state index >= 15 is 0 Å². The van der Waals surface area contributed by atoms with Crippen molar-refractivity contribution in [3.63, 3.8) is 0 Å². The van der Waals surface area contributed by atoms with Gasteiger partial charge in [-0.2, -0.15) is 10.4 Å². The molecule has 0 unspecified atom stereocenters. The number of carbonyl (C=O) groups is 3. The van der Waals surface area contributed by atoms with Crippen LogP contribution in [0.3, 0.4) is 0 Å². The number of amides is 4. The summed E-state index contributed by atoms with van der Waals surface area (Å²) in [5.41, 5.74) is 2.46. The molecule has 4 fully saturated rings. The number of anilines is 2. The second kappa shape index (κ2) is 16.2. The number of hydrogen-bond acceptors (Lipinski definition) is 11. The molecular weight excluding hydrogens is 724 g/mol. The van der Waals surface area contributed by atoms with E-state index in [9.17, 15) is 14.4 Å². The van der Waals surface area contributed by atoms with Gasteiger partial charge in [0.05, 0.1) is 52.8 Å². The first kappa shape index (κ1) is 36.7. The number of likely N-dealkylation sites (tertiary alicyclic amines) is 1. The molecule has 0 bridgehead atoms. The van der Waals surface area contributed by atoms with Gasteiger partial charge in [0.2, 0.25) is 5.91 Å². The summed E-state index contributed by atoms with van der Waals surface area (Å²) in [5.74, 6) is 0.880. The van der Waals surface area contributed by atoms with Gasteiger partial charge in [0.15, 0.2) is 11.5 Å².